The number of thiocarbonyl (C=S) groups is 1. The van der Waals surface area contributed by atoms with Crippen molar-refractivity contribution in [3.8, 4) is 17.2 Å². The van der Waals surface area contributed by atoms with Gasteiger partial charge >= 0.3 is 0 Å². The van der Waals surface area contributed by atoms with Gasteiger partial charge in [-0.15, -0.1) is 0 Å². The van der Waals surface area contributed by atoms with E-state index in [0.717, 1.165) is 11.3 Å². The van der Waals surface area contributed by atoms with Crippen LogP contribution < -0.4 is 19.5 Å². The molecular weight excluding hydrogens is 451 g/mol. The van der Waals surface area contributed by atoms with Gasteiger partial charge < -0.3 is 24.4 Å². The van der Waals surface area contributed by atoms with Crippen LogP contribution in [0.1, 0.15) is 11.1 Å². The molecule has 0 aromatic heterocycles. The van der Waals surface area contributed by atoms with Crippen molar-refractivity contribution >= 4 is 34.6 Å². The summed E-state index contributed by atoms with van der Waals surface area (Å²) < 4.78 is 30.4. The Morgan fingerprint density at radius 2 is 1.62 bits per heavy atom. The van der Waals surface area contributed by atoms with E-state index in [2.05, 4.69) is 5.32 Å². The van der Waals surface area contributed by atoms with Crippen LogP contribution in [0.25, 0.3) is 0 Å². The summed E-state index contributed by atoms with van der Waals surface area (Å²) in [6.07, 6.45) is 0. The third-order valence-electron chi connectivity index (χ3n) is 4.88. The number of methoxy groups -OCH3 is 3. The Balaban J connectivity index is 1.89. The van der Waals surface area contributed by atoms with E-state index in [1.54, 1.807) is 45.6 Å². The summed E-state index contributed by atoms with van der Waals surface area (Å²) in [5, 5.41) is 3.94. The number of nitrogens with zero attached hydrogens (tertiary/aromatic N) is 1. The molecule has 32 heavy (non-hydrogen) atoms. The fraction of sp³-hybridized carbons (Fsp3) is 0.208. The first-order valence-corrected chi connectivity index (χ1v) is 10.6. The highest BCUT2D eigenvalue weighted by Crippen LogP contribution is 2.30. The van der Waals surface area contributed by atoms with Crippen molar-refractivity contribution in [2.75, 3.05) is 26.6 Å². The highest BCUT2D eigenvalue weighted by Gasteiger charge is 2.18. The molecular formula is C24H24ClFN2O3S. The van der Waals surface area contributed by atoms with Crippen LogP contribution in [0.15, 0.2) is 60.7 Å². The Kier molecular flexibility index (Phi) is 8.14. The van der Waals surface area contributed by atoms with E-state index in [-0.39, 0.29) is 12.4 Å². The lowest BCUT2D eigenvalue weighted by molar-refractivity contribution is 0.393. The van der Waals surface area contributed by atoms with Gasteiger partial charge in [0.25, 0.3) is 0 Å². The van der Waals surface area contributed by atoms with Crippen molar-refractivity contribution in [1.82, 2.24) is 4.90 Å². The third kappa shape index (κ3) is 5.81. The molecule has 0 heterocycles. The summed E-state index contributed by atoms with van der Waals surface area (Å²) in [6, 6.07) is 17.6. The second-order valence-electron chi connectivity index (χ2n) is 6.90. The zero-order chi connectivity index (χ0) is 23.1. The van der Waals surface area contributed by atoms with Gasteiger partial charge in [0, 0.05) is 29.7 Å². The minimum atomic E-state index is -0.387. The summed E-state index contributed by atoms with van der Waals surface area (Å²) in [5.41, 5.74) is 2.01. The predicted octanol–water partition coefficient (Wildman–Crippen LogP) is 5.90. The first-order valence-electron chi connectivity index (χ1n) is 9.79. The minimum absolute atomic E-state index is 0.182. The van der Waals surface area contributed by atoms with Crippen molar-refractivity contribution in [1.29, 1.82) is 0 Å². The molecule has 0 spiro atoms. The number of hydrogen-bond donors (Lipinski definition) is 1. The van der Waals surface area contributed by atoms with Crippen molar-refractivity contribution in [3.63, 3.8) is 0 Å². The lowest BCUT2D eigenvalue weighted by Gasteiger charge is -2.27. The van der Waals surface area contributed by atoms with Crippen LogP contribution in [0.2, 0.25) is 5.02 Å². The molecule has 0 saturated heterocycles. The van der Waals surface area contributed by atoms with Gasteiger partial charge in [-0.05, 0) is 54.2 Å². The molecule has 0 fully saturated rings. The zero-order valence-corrected chi connectivity index (χ0v) is 19.6. The van der Waals surface area contributed by atoms with Crippen LogP contribution >= 0.6 is 23.8 Å². The maximum absolute atomic E-state index is 14.5. The van der Waals surface area contributed by atoms with E-state index >= 15 is 0 Å². The molecule has 5 nitrogen and oxygen atoms in total. The Hall–Kier alpha value is -3.03. The Morgan fingerprint density at radius 1 is 0.938 bits per heavy atom. The van der Waals surface area contributed by atoms with E-state index in [4.69, 9.17) is 38.0 Å². The molecule has 0 aliphatic carbocycles. The Bertz CT molecular complexity index is 1060. The van der Waals surface area contributed by atoms with Gasteiger partial charge in [-0.3, -0.25) is 0 Å². The molecule has 3 aromatic carbocycles. The first kappa shape index (κ1) is 23.6. The van der Waals surface area contributed by atoms with Crippen LogP contribution in [0, 0.1) is 5.82 Å². The molecule has 0 aliphatic heterocycles. The Morgan fingerprint density at radius 3 is 2.25 bits per heavy atom. The van der Waals surface area contributed by atoms with Gasteiger partial charge in [0.2, 0.25) is 0 Å². The normalized spacial score (nSPS) is 10.4. The monoisotopic (exact) mass is 474 g/mol. The van der Waals surface area contributed by atoms with E-state index in [0.29, 0.717) is 39.4 Å². The summed E-state index contributed by atoms with van der Waals surface area (Å²) in [4.78, 5) is 1.84. The van der Waals surface area contributed by atoms with Crippen LogP contribution in [0.4, 0.5) is 10.1 Å². The Labute approximate surface area is 197 Å². The molecule has 0 unspecified atom stereocenters. The van der Waals surface area contributed by atoms with Gasteiger partial charge in [0.15, 0.2) is 5.11 Å². The van der Waals surface area contributed by atoms with Crippen LogP contribution in [-0.2, 0) is 13.1 Å². The minimum Gasteiger partial charge on any atom is -0.497 e. The van der Waals surface area contributed by atoms with Crippen LogP contribution in [0.3, 0.4) is 0 Å². The highest BCUT2D eigenvalue weighted by molar-refractivity contribution is 7.80. The highest BCUT2D eigenvalue weighted by atomic mass is 35.5. The number of benzene rings is 3. The standard InChI is InChI=1S/C24H24ClFN2O3S/c1-29-17-9-7-16(8-10-17)14-28(15-19-20(25)5-4-6-21(19)26)24(32)27-22-12-11-18(30-2)13-23(22)31-3/h4-13H,14-15H2,1-3H3,(H,27,32). The number of halogens is 2. The molecule has 0 saturated carbocycles. The molecule has 168 valence electrons. The first-order chi connectivity index (χ1) is 15.4. The van der Waals surface area contributed by atoms with Crippen molar-refractivity contribution in [2.45, 2.75) is 13.1 Å². The second kappa shape index (κ2) is 11.0. The van der Waals surface area contributed by atoms with Crippen LogP contribution in [0.5, 0.6) is 17.2 Å². The molecule has 1 N–H and O–H groups in total. The SMILES string of the molecule is COc1ccc(CN(Cc2c(F)cccc2Cl)C(=S)Nc2ccc(OC)cc2OC)cc1. The summed E-state index contributed by atoms with van der Waals surface area (Å²) in [7, 11) is 4.77. The van der Waals surface area contributed by atoms with E-state index in [1.807, 2.05) is 35.2 Å². The quantitative estimate of drug-likeness (QED) is 0.410. The maximum atomic E-state index is 14.5. The van der Waals surface area contributed by atoms with Crippen molar-refractivity contribution in [2.24, 2.45) is 0 Å². The lowest BCUT2D eigenvalue weighted by atomic mass is 10.1. The topological polar surface area (TPSA) is 43.0 Å². The number of rotatable bonds is 8. The van der Waals surface area contributed by atoms with Gasteiger partial charge in [-0.25, -0.2) is 4.39 Å². The van der Waals surface area contributed by atoms with Gasteiger partial charge in [-0.1, -0.05) is 29.8 Å². The number of ether oxygens (including phenoxy) is 3. The smallest absolute Gasteiger partial charge is 0.174 e. The van der Waals surface area contributed by atoms with Crippen molar-refractivity contribution < 1.29 is 18.6 Å². The molecule has 0 atom stereocenters. The lowest BCUT2D eigenvalue weighted by Crippen LogP contribution is -2.34. The summed E-state index contributed by atoms with van der Waals surface area (Å²) >= 11 is 12.0. The average molecular weight is 475 g/mol. The third-order valence-corrected chi connectivity index (χ3v) is 5.60. The largest absolute Gasteiger partial charge is 0.497 e. The maximum Gasteiger partial charge on any atom is 0.174 e. The summed E-state index contributed by atoms with van der Waals surface area (Å²) in [5.74, 6) is 1.59. The number of anilines is 1. The van der Waals surface area contributed by atoms with Crippen LogP contribution in [-0.4, -0.2) is 31.3 Å². The molecule has 0 aliphatic rings. The number of hydrogen-bond acceptors (Lipinski definition) is 4. The van der Waals surface area contributed by atoms with E-state index in [9.17, 15) is 4.39 Å². The summed E-state index contributed by atoms with van der Waals surface area (Å²) in [6.45, 7) is 0.612. The van der Waals surface area contributed by atoms with Gasteiger partial charge in [0.05, 0.1) is 27.0 Å². The van der Waals surface area contributed by atoms with E-state index < -0.39 is 0 Å². The second-order valence-corrected chi connectivity index (χ2v) is 7.69. The molecule has 0 amide bonds. The fourth-order valence-corrected chi connectivity index (χ4v) is 3.58. The predicted molar refractivity (Wildman–Crippen MR) is 129 cm³/mol. The van der Waals surface area contributed by atoms with Crippen molar-refractivity contribution in [3.05, 3.63) is 82.6 Å². The van der Waals surface area contributed by atoms with E-state index in [1.165, 1.54) is 6.07 Å². The molecule has 3 rings (SSSR count). The number of nitrogens with one attached hydrogen (secondary N) is 1. The zero-order valence-electron chi connectivity index (χ0n) is 18.0. The van der Waals surface area contributed by atoms with Gasteiger partial charge in [0.1, 0.15) is 23.1 Å². The molecule has 3 aromatic rings. The fourth-order valence-electron chi connectivity index (χ4n) is 3.12. The molecule has 0 bridgehead atoms. The molecule has 0 radical (unpaired) electrons. The van der Waals surface area contributed by atoms with Gasteiger partial charge in [-0.2, -0.15) is 0 Å². The molecule has 8 heteroatoms. The average Bonchev–Trinajstić information content (AvgIpc) is 2.81.